The summed E-state index contributed by atoms with van der Waals surface area (Å²) in [4.78, 5) is 0. The number of hydrogen-bond donors (Lipinski definition) is 2. The molecule has 0 spiro atoms. The van der Waals surface area contributed by atoms with E-state index in [1.165, 1.54) is 0 Å². The van der Waals surface area contributed by atoms with Crippen molar-refractivity contribution in [1.29, 1.82) is 0 Å². The average Bonchev–Trinajstić information content (AvgIpc) is 0.722. The Morgan fingerprint density at radius 2 is 1.29 bits per heavy atom. The molecule has 0 aromatic rings. The molecule has 0 rings (SSSR count). The summed E-state index contributed by atoms with van der Waals surface area (Å²) in [6.07, 6.45) is 0. The molecule has 0 aromatic heterocycles. The van der Waals surface area contributed by atoms with Gasteiger partial charge in [-0.3, -0.25) is 9.11 Å². The summed E-state index contributed by atoms with van der Waals surface area (Å²) in [6.45, 7) is 0. The van der Waals surface area contributed by atoms with Gasteiger partial charge in [-0.05, 0) is 0 Å². The summed E-state index contributed by atoms with van der Waals surface area (Å²) < 4.78 is 31.6. The second kappa shape index (κ2) is 5.04. The van der Waals surface area contributed by atoms with E-state index in [0.717, 1.165) is 0 Å². The minimum Gasteiger partial charge on any atom is -1.00 e. The SMILES string of the molecule is O=S(=O)(O)O.P.[H-].[Li+]. The van der Waals surface area contributed by atoms with Crippen LogP contribution < -0.4 is 18.9 Å². The van der Waals surface area contributed by atoms with Gasteiger partial charge in [0.15, 0.2) is 0 Å². The fourth-order valence-electron chi connectivity index (χ4n) is 0. The van der Waals surface area contributed by atoms with Crippen LogP contribution in [-0.2, 0) is 10.4 Å². The Labute approximate surface area is 58.5 Å². The summed E-state index contributed by atoms with van der Waals surface area (Å²) >= 11 is 0. The quantitative estimate of drug-likeness (QED) is 0.208. The van der Waals surface area contributed by atoms with Crippen molar-refractivity contribution in [3.63, 3.8) is 0 Å². The van der Waals surface area contributed by atoms with Gasteiger partial charge in [-0.15, -0.1) is 0 Å². The van der Waals surface area contributed by atoms with E-state index in [-0.39, 0.29) is 30.2 Å². The van der Waals surface area contributed by atoms with E-state index in [9.17, 15) is 0 Å². The van der Waals surface area contributed by atoms with Gasteiger partial charge in [0.2, 0.25) is 0 Å². The first-order valence-electron chi connectivity index (χ1n) is 0.698. The third-order valence-electron chi connectivity index (χ3n) is 0. The molecule has 2 N–H and O–H groups in total. The van der Waals surface area contributed by atoms with E-state index in [2.05, 4.69) is 0 Å². The summed E-state index contributed by atoms with van der Waals surface area (Å²) in [6, 6.07) is 0. The van der Waals surface area contributed by atoms with Gasteiger partial charge in [-0.1, -0.05) is 0 Å². The first-order chi connectivity index (χ1) is 2.00. The molecule has 0 heterocycles. The molecule has 0 radical (unpaired) electrons. The van der Waals surface area contributed by atoms with Gasteiger partial charge in [0.1, 0.15) is 0 Å². The topological polar surface area (TPSA) is 74.6 Å². The van der Waals surface area contributed by atoms with E-state index < -0.39 is 10.4 Å². The van der Waals surface area contributed by atoms with Crippen LogP contribution >= 0.6 is 9.90 Å². The van der Waals surface area contributed by atoms with E-state index in [0.29, 0.717) is 0 Å². The molecule has 0 aliphatic heterocycles. The Hall–Kier alpha value is 0.897. The van der Waals surface area contributed by atoms with Crippen LogP contribution in [0.3, 0.4) is 0 Å². The van der Waals surface area contributed by atoms with Crippen LogP contribution in [-0.4, -0.2) is 17.5 Å². The second-order valence-electron chi connectivity index (χ2n) is 0.448. The maximum absolute atomic E-state index is 8.74. The van der Waals surface area contributed by atoms with Gasteiger partial charge < -0.3 is 1.43 Å². The molecule has 0 fully saturated rings. The molecule has 0 aliphatic rings. The average molecular weight is 140 g/mol. The summed E-state index contributed by atoms with van der Waals surface area (Å²) in [5, 5.41) is 0. The molecule has 1 unspecified atom stereocenters. The molecule has 0 amide bonds. The Kier molecular flexibility index (Phi) is 11.3. The molecular weight excluding hydrogens is 134 g/mol. The Balaban J connectivity index is -0.0000000267. The van der Waals surface area contributed by atoms with Crippen molar-refractivity contribution < 1.29 is 37.8 Å². The first-order valence-corrected chi connectivity index (χ1v) is 2.10. The molecule has 4 nitrogen and oxygen atoms in total. The normalized spacial score (nSPS) is 8.29. The minimum atomic E-state index is -4.67. The second-order valence-corrected chi connectivity index (χ2v) is 1.34. The molecular formula is H6LiO4PS. The standard InChI is InChI=1S/Li.H2O4S.H3P.H/c;1-5(2,3)4;;/h;(H2,1,2,3,4);1H3;/q+1;;;-1. The van der Waals surface area contributed by atoms with Crippen molar-refractivity contribution in [3.8, 4) is 0 Å². The molecule has 7 heavy (non-hydrogen) atoms. The molecule has 0 aromatic carbocycles. The maximum atomic E-state index is 8.74. The summed E-state index contributed by atoms with van der Waals surface area (Å²) in [5.41, 5.74) is 0. The molecule has 0 aliphatic carbocycles. The molecule has 42 valence electrons. The van der Waals surface area contributed by atoms with Crippen molar-refractivity contribution in [2.45, 2.75) is 0 Å². The van der Waals surface area contributed by atoms with Gasteiger partial charge in [0.05, 0.1) is 0 Å². The van der Waals surface area contributed by atoms with Crippen molar-refractivity contribution >= 4 is 20.3 Å². The van der Waals surface area contributed by atoms with Crippen LogP contribution in [0.4, 0.5) is 0 Å². The van der Waals surface area contributed by atoms with Crippen molar-refractivity contribution in [2.24, 2.45) is 0 Å². The van der Waals surface area contributed by atoms with Gasteiger partial charge in [0, 0.05) is 0 Å². The molecule has 1 atom stereocenters. The molecule has 7 heteroatoms. The summed E-state index contributed by atoms with van der Waals surface area (Å²) in [5.74, 6) is 0. The fourth-order valence-corrected chi connectivity index (χ4v) is 0. The third-order valence-corrected chi connectivity index (χ3v) is 0. The first kappa shape index (κ1) is 15.7. The van der Waals surface area contributed by atoms with Crippen LogP contribution in [0.15, 0.2) is 0 Å². The minimum absolute atomic E-state index is 0. The largest absolute Gasteiger partial charge is 1.00 e. The smallest absolute Gasteiger partial charge is 1.00 e. The van der Waals surface area contributed by atoms with E-state index in [1.807, 2.05) is 0 Å². The molecule has 0 saturated carbocycles. The van der Waals surface area contributed by atoms with Crippen LogP contribution in [0.2, 0.25) is 0 Å². The third kappa shape index (κ3) is 205. The van der Waals surface area contributed by atoms with E-state index >= 15 is 0 Å². The predicted octanol–water partition coefficient (Wildman–Crippen LogP) is -3.48. The van der Waals surface area contributed by atoms with Gasteiger partial charge in [-0.25, -0.2) is 0 Å². The predicted molar refractivity (Wildman–Crippen MR) is 26.4 cm³/mol. The zero-order valence-electron chi connectivity index (χ0n) is 4.83. The van der Waals surface area contributed by atoms with Gasteiger partial charge in [0.25, 0.3) is 0 Å². The zero-order valence-corrected chi connectivity index (χ0v) is 6.06. The van der Waals surface area contributed by atoms with Gasteiger partial charge >= 0.3 is 29.3 Å². The molecule has 0 bridgehead atoms. The van der Waals surface area contributed by atoms with Gasteiger partial charge in [-0.2, -0.15) is 18.3 Å². The Bertz CT molecular complexity index is 99.2. The van der Waals surface area contributed by atoms with Crippen LogP contribution in [0.5, 0.6) is 0 Å². The zero-order chi connectivity index (χ0) is 4.50. The van der Waals surface area contributed by atoms with E-state index in [1.54, 1.807) is 0 Å². The summed E-state index contributed by atoms with van der Waals surface area (Å²) in [7, 11) is -4.67. The Morgan fingerprint density at radius 3 is 1.29 bits per heavy atom. The van der Waals surface area contributed by atoms with Crippen molar-refractivity contribution in [1.82, 2.24) is 0 Å². The van der Waals surface area contributed by atoms with Crippen LogP contribution in [0, 0.1) is 0 Å². The van der Waals surface area contributed by atoms with Crippen LogP contribution in [0.25, 0.3) is 0 Å². The van der Waals surface area contributed by atoms with Crippen molar-refractivity contribution in [3.05, 3.63) is 0 Å². The Morgan fingerprint density at radius 1 is 1.29 bits per heavy atom. The number of rotatable bonds is 0. The van der Waals surface area contributed by atoms with Crippen LogP contribution in [0.1, 0.15) is 1.43 Å². The van der Waals surface area contributed by atoms with E-state index in [4.69, 9.17) is 17.5 Å². The molecule has 0 saturated heterocycles. The fraction of sp³-hybridized carbons (Fsp3) is 0. The van der Waals surface area contributed by atoms with Crippen molar-refractivity contribution in [2.75, 3.05) is 0 Å². The number of hydrogen-bond acceptors (Lipinski definition) is 2. The monoisotopic (exact) mass is 140 g/mol. The maximum Gasteiger partial charge on any atom is 1.00 e.